The van der Waals surface area contributed by atoms with E-state index < -0.39 is 22.8 Å². The first-order valence-corrected chi connectivity index (χ1v) is 8.04. The number of nitrogens with one attached hydrogen (secondary N) is 2. The van der Waals surface area contributed by atoms with Crippen molar-refractivity contribution in [2.75, 3.05) is 6.61 Å². The fourth-order valence-electron chi connectivity index (χ4n) is 2.03. The third-order valence-electron chi connectivity index (χ3n) is 3.41. The van der Waals surface area contributed by atoms with Gasteiger partial charge in [-0.05, 0) is 43.7 Å². The molecule has 2 aromatic carbocycles. The minimum absolute atomic E-state index is 0.0818. The standard InChI is InChI=1S/C18H19N3O6/c1-12-4-3-5-16(10-12)27-13(2)18(23)20-19-17(22)11-26-15-8-6-14(7-9-15)21(24)25/h3-10,13H,11H2,1-2H3,(H,19,22)(H,20,23). The summed E-state index contributed by atoms with van der Waals surface area (Å²) in [5.41, 5.74) is 5.37. The van der Waals surface area contributed by atoms with Crippen LogP contribution in [0.4, 0.5) is 5.69 Å². The van der Waals surface area contributed by atoms with Crippen LogP contribution in [0.5, 0.6) is 11.5 Å². The van der Waals surface area contributed by atoms with Crippen LogP contribution in [0.15, 0.2) is 48.5 Å². The third kappa shape index (κ3) is 6.31. The average Bonchev–Trinajstić information content (AvgIpc) is 2.64. The van der Waals surface area contributed by atoms with E-state index in [2.05, 4.69) is 10.9 Å². The number of carbonyl (C=O) groups is 2. The number of nitro groups is 1. The minimum atomic E-state index is -0.817. The number of hydrazine groups is 1. The first-order chi connectivity index (χ1) is 12.8. The highest BCUT2D eigenvalue weighted by atomic mass is 16.6. The number of benzene rings is 2. The zero-order chi connectivity index (χ0) is 19.8. The number of nitro benzene ring substituents is 1. The number of hydrogen-bond acceptors (Lipinski definition) is 6. The minimum Gasteiger partial charge on any atom is -0.484 e. The zero-order valence-corrected chi connectivity index (χ0v) is 14.8. The van der Waals surface area contributed by atoms with Crippen molar-refractivity contribution in [2.24, 2.45) is 0 Å². The van der Waals surface area contributed by atoms with E-state index in [0.717, 1.165) is 5.56 Å². The highest BCUT2D eigenvalue weighted by Crippen LogP contribution is 2.17. The Labute approximate surface area is 155 Å². The molecule has 2 N–H and O–H groups in total. The molecule has 0 aliphatic heterocycles. The Morgan fingerprint density at radius 2 is 1.81 bits per heavy atom. The van der Waals surface area contributed by atoms with E-state index >= 15 is 0 Å². The van der Waals surface area contributed by atoms with Gasteiger partial charge in [-0.15, -0.1) is 0 Å². The van der Waals surface area contributed by atoms with Gasteiger partial charge in [0.15, 0.2) is 12.7 Å². The second-order valence-electron chi connectivity index (χ2n) is 5.65. The molecule has 142 valence electrons. The molecule has 0 bridgehead atoms. The van der Waals surface area contributed by atoms with E-state index in [1.807, 2.05) is 19.1 Å². The topological polar surface area (TPSA) is 120 Å². The van der Waals surface area contributed by atoms with Crippen molar-refractivity contribution < 1.29 is 24.0 Å². The lowest BCUT2D eigenvalue weighted by molar-refractivity contribution is -0.384. The monoisotopic (exact) mass is 373 g/mol. The number of hydrogen-bond donors (Lipinski definition) is 2. The summed E-state index contributed by atoms with van der Waals surface area (Å²) >= 11 is 0. The van der Waals surface area contributed by atoms with Gasteiger partial charge in [0.1, 0.15) is 11.5 Å². The number of nitrogens with zero attached hydrogens (tertiary/aromatic N) is 1. The summed E-state index contributed by atoms with van der Waals surface area (Å²) in [6.45, 7) is 3.09. The highest BCUT2D eigenvalue weighted by Gasteiger charge is 2.15. The predicted octanol–water partition coefficient (Wildman–Crippen LogP) is 1.90. The normalized spacial score (nSPS) is 11.2. The van der Waals surface area contributed by atoms with Crippen molar-refractivity contribution in [3.8, 4) is 11.5 Å². The summed E-state index contributed by atoms with van der Waals surface area (Å²) in [6, 6.07) is 12.5. The van der Waals surface area contributed by atoms with Gasteiger partial charge in [-0.2, -0.15) is 0 Å². The fraction of sp³-hybridized carbons (Fsp3) is 0.222. The number of ether oxygens (including phenoxy) is 2. The molecule has 1 atom stereocenters. The third-order valence-corrected chi connectivity index (χ3v) is 3.41. The highest BCUT2D eigenvalue weighted by molar-refractivity contribution is 5.85. The first-order valence-electron chi connectivity index (χ1n) is 8.04. The molecule has 9 nitrogen and oxygen atoms in total. The summed E-state index contributed by atoms with van der Waals surface area (Å²) in [7, 11) is 0. The van der Waals surface area contributed by atoms with E-state index in [1.165, 1.54) is 24.3 Å². The Morgan fingerprint density at radius 3 is 2.44 bits per heavy atom. The molecule has 2 amide bonds. The van der Waals surface area contributed by atoms with Crippen LogP contribution in [0.25, 0.3) is 0 Å². The van der Waals surface area contributed by atoms with Crippen molar-refractivity contribution >= 4 is 17.5 Å². The van der Waals surface area contributed by atoms with E-state index in [0.29, 0.717) is 11.5 Å². The predicted molar refractivity (Wildman–Crippen MR) is 96.1 cm³/mol. The average molecular weight is 373 g/mol. The lowest BCUT2D eigenvalue weighted by Gasteiger charge is -2.15. The molecule has 27 heavy (non-hydrogen) atoms. The number of carbonyl (C=O) groups excluding carboxylic acids is 2. The second-order valence-corrected chi connectivity index (χ2v) is 5.65. The number of non-ortho nitro benzene ring substituents is 1. The first kappa shape index (κ1) is 19.7. The van der Waals surface area contributed by atoms with Gasteiger partial charge >= 0.3 is 0 Å². The molecule has 2 rings (SSSR count). The van der Waals surface area contributed by atoms with Crippen LogP contribution >= 0.6 is 0 Å². The molecule has 0 aromatic heterocycles. The Kier molecular flexibility index (Phi) is 6.70. The van der Waals surface area contributed by atoms with Crippen molar-refractivity contribution in [3.05, 3.63) is 64.2 Å². The van der Waals surface area contributed by atoms with Crippen molar-refractivity contribution in [3.63, 3.8) is 0 Å². The second kappa shape index (κ2) is 9.18. The van der Waals surface area contributed by atoms with Crippen LogP contribution in [0.1, 0.15) is 12.5 Å². The summed E-state index contributed by atoms with van der Waals surface area (Å²) in [5, 5.41) is 10.6. The summed E-state index contributed by atoms with van der Waals surface area (Å²) in [4.78, 5) is 33.7. The molecule has 1 unspecified atom stereocenters. The van der Waals surface area contributed by atoms with Gasteiger partial charge in [0.05, 0.1) is 4.92 Å². The van der Waals surface area contributed by atoms with Gasteiger partial charge in [-0.1, -0.05) is 12.1 Å². The Morgan fingerprint density at radius 1 is 1.11 bits per heavy atom. The van der Waals surface area contributed by atoms with Crippen LogP contribution in [0, 0.1) is 17.0 Å². The Bertz CT molecular complexity index is 822. The van der Waals surface area contributed by atoms with Gasteiger partial charge in [0.2, 0.25) is 0 Å². The van der Waals surface area contributed by atoms with Crippen molar-refractivity contribution in [1.29, 1.82) is 0 Å². The van der Waals surface area contributed by atoms with Gasteiger partial charge < -0.3 is 9.47 Å². The molecular formula is C18H19N3O6. The van der Waals surface area contributed by atoms with Crippen LogP contribution in [0.2, 0.25) is 0 Å². The smallest absolute Gasteiger partial charge is 0.279 e. The molecule has 9 heteroatoms. The molecule has 2 aromatic rings. The van der Waals surface area contributed by atoms with Crippen LogP contribution < -0.4 is 20.3 Å². The number of rotatable bonds is 7. The lowest BCUT2D eigenvalue weighted by Crippen LogP contribution is -2.48. The number of amides is 2. The van der Waals surface area contributed by atoms with Gasteiger partial charge in [-0.25, -0.2) is 0 Å². The number of aryl methyl sites for hydroxylation is 1. The molecule has 0 radical (unpaired) electrons. The molecule has 0 aliphatic carbocycles. The van der Waals surface area contributed by atoms with Crippen LogP contribution in [-0.4, -0.2) is 29.4 Å². The molecular weight excluding hydrogens is 354 g/mol. The lowest BCUT2D eigenvalue weighted by atomic mass is 10.2. The van der Waals surface area contributed by atoms with Gasteiger partial charge in [-0.3, -0.25) is 30.6 Å². The zero-order valence-electron chi connectivity index (χ0n) is 14.8. The quantitative estimate of drug-likeness (QED) is 0.565. The summed E-state index contributed by atoms with van der Waals surface area (Å²) < 4.78 is 10.7. The maximum absolute atomic E-state index is 12.0. The summed E-state index contributed by atoms with van der Waals surface area (Å²) in [6.07, 6.45) is -0.817. The van der Waals surface area contributed by atoms with Crippen LogP contribution in [0.3, 0.4) is 0 Å². The van der Waals surface area contributed by atoms with E-state index in [-0.39, 0.29) is 12.3 Å². The maximum Gasteiger partial charge on any atom is 0.279 e. The Hall–Kier alpha value is -3.62. The van der Waals surface area contributed by atoms with E-state index in [4.69, 9.17) is 9.47 Å². The van der Waals surface area contributed by atoms with E-state index in [1.54, 1.807) is 19.1 Å². The van der Waals surface area contributed by atoms with Crippen molar-refractivity contribution in [1.82, 2.24) is 10.9 Å². The molecule has 0 fully saturated rings. The van der Waals surface area contributed by atoms with E-state index in [9.17, 15) is 19.7 Å². The summed E-state index contributed by atoms with van der Waals surface area (Å²) in [5.74, 6) is -0.284. The maximum atomic E-state index is 12.0. The SMILES string of the molecule is Cc1cccc(OC(C)C(=O)NNC(=O)COc2ccc([N+](=O)[O-])cc2)c1. The molecule has 0 saturated heterocycles. The molecule has 0 heterocycles. The largest absolute Gasteiger partial charge is 0.484 e. The van der Waals surface area contributed by atoms with Gasteiger partial charge in [0.25, 0.3) is 17.5 Å². The molecule has 0 aliphatic rings. The fourth-order valence-corrected chi connectivity index (χ4v) is 2.03. The van der Waals surface area contributed by atoms with Crippen molar-refractivity contribution in [2.45, 2.75) is 20.0 Å². The Balaban J connectivity index is 1.74. The molecule has 0 spiro atoms. The van der Waals surface area contributed by atoms with Crippen LogP contribution in [-0.2, 0) is 9.59 Å². The van der Waals surface area contributed by atoms with Gasteiger partial charge in [0, 0.05) is 12.1 Å². The molecule has 0 saturated carbocycles.